The molecule has 0 fully saturated rings. The molecule has 6 heteroatoms. The summed E-state index contributed by atoms with van der Waals surface area (Å²) in [6, 6.07) is 6.39. The third-order valence-corrected chi connectivity index (χ3v) is 4.64. The van der Waals surface area contributed by atoms with E-state index < -0.39 is 0 Å². The largest absolute Gasteiger partial charge is 0.454 e. The molecule has 0 radical (unpaired) electrons. The smallest absolute Gasteiger partial charge is 0.231 e. The molecule has 0 saturated heterocycles. The highest BCUT2D eigenvalue weighted by Crippen LogP contribution is 2.35. The second kappa shape index (κ2) is 5.86. The molecule has 1 aromatic heterocycles. The predicted octanol–water partition coefficient (Wildman–Crippen LogP) is 1.89. The molecule has 6 nitrogen and oxygen atoms in total. The van der Waals surface area contributed by atoms with Crippen LogP contribution in [-0.4, -0.2) is 41.7 Å². The first-order valence-corrected chi connectivity index (χ1v) is 7.88. The summed E-state index contributed by atoms with van der Waals surface area (Å²) < 4.78 is 18.3. The van der Waals surface area contributed by atoms with E-state index in [9.17, 15) is 0 Å². The van der Waals surface area contributed by atoms with Gasteiger partial charge in [-0.2, -0.15) is 5.10 Å². The average Bonchev–Trinajstić information content (AvgIpc) is 3.16. The fraction of sp³-hybridized carbons (Fsp3) is 0.471. The predicted molar refractivity (Wildman–Crippen MR) is 84.5 cm³/mol. The maximum absolute atomic E-state index is 5.49. The van der Waals surface area contributed by atoms with Gasteiger partial charge in [-0.1, -0.05) is 6.07 Å². The van der Waals surface area contributed by atoms with Gasteiger partial charge in [0.2, 0.25) is 6.79 Å². The first-order chi connectivity index (χ1) is 11.3. The first kappa shape index (κ1) is 14.5. The summed E-state index contributed by atoms with van der Waals surface area (Å²) in [7, 11) is 3.76. The van der Waals surface area contributed by atoms with Gasteiger partial charge in [-0.05, 0) is 29.7 Å². The van der Waals surface area contributed by atoms with E-state index in [1.807, 2.05) is 24.0 Å². The van der Waals surface area contributed by atoms with Crippen LogP contribution < -0.4 is 9.47 Å². The average molecular weight is 315 g/mol. The molecule has 2 aromatic rings. The normalized spacial score (nSPS) is 19.8. The maximum Gasteiger partial charge on any atom is 0.231 e. The number of hydrogen-bond donors (Lipinski definition) is 0. The molecule has 0 amide bonds. The number of aromatic nitrogens is 2. The third-order valence-electron chi connectivity index (χ3n) is 4.64. The molecule has 2 aliphatic heterocycles. The van der Waals surface area contributed by atoms with E-state index in [2.05, 4.69) is 22.1 Å². The lowest BCUT2D eigenvalue weighted by molar-refractivity contribution is 0.0734. The lowest BCUT2D eigenvalue weighted by Crippen LogP contribution is -2.38. The zero-order valence-electron chi connectivity index (χ0n) is 13.5. The Morgan fingerprint density at radius 1 is 1.30 bits per heavy atom. The Balaban J connectivity index is 1.59. The Hall–Kier alpha value is -2.05. The van der Waals surface area contributed by atoms with Crippen molar-refractivity contribution in [2.75, 3.05) is 27.1 Å². The van der Waals surface area contributed by atoms with Crippen molar-refractivity contribution in [3.8, 4) is 11.5 Å². The van der Waals surface area contributed by atoms with Crippen LogP contribution >= 0.6 is 0 Å². The number of aryl methyl sites for hydroxylation is 1. The molecule has 1 unspecified atom stereocenters. The van der Waals surface area contributed by atoms with Gasteiger partial charge in [0.05, 0.1) is 24.5 Å². The van der Waals surface area contributed by atoms with E-state index >= 15 is 0 Å². The summed E-state index contributed by atoms with van der Waals surface area (Å²) in [5, 5.41) is 4.42. The highest BCUT2D eigenvalue weighted by Gasteiger charge is 2.30. The monoisotopic (exact) mass is 315 g/mol. The SMILES string of the molecule is COCC1c2c(cnn2C)CCN1Cc1ccc2c(c1)OCO2. The second-order valence-corrected chi connectivity index (χ2v) is 6.06. The summed E-state index contributed by atoms with van der Waals surface area (Å²) in [6.45, 7) is 2.83. The lowest BCUT2D eigenvalue weighted by Gasteiger charge is -2.35. The fourth-order valence-corrected chi connectivity index (χ4v) is 3.51. The minimum absolute atomic E-state index is 0.224. The van der Waals surface area contributed by atoms with Crippen molar-refractivity contribution in [2.24, 2.45) is 7.05 Å². The molecule has 122 valence electrons. The molecule has 0 bridgehead atoms. The van der Waals surface area contributed by atoms with Gasteiger partial charge in [-0.25, -0.2) is 0 Å². The van der Waals surface area contributed by atoms with E-state index in [1.54, 1.807) is 7.11 Å². The van der Waals surface area contributed by atoms with Crippen LogP contribution in [0, 0.1) is 0 Å². The molecule has 3 heterocycles. The lowest BCUT2D eigenvalue weighted by atomic mass is 9.99. The maximum atomic E-state index is 5.49. The summed E-state index contributed by atoms with van der Waals surface area (Å²) in [6.07, 6.45) is 3.00. The highest BCUT2D eigenvalue weighted by molar-refractivity contribution is 5.44. The number of rotatable bonds is 4. The minimum Gasteiger partial charge on any atom is -0.454 e. The zero-order chi connectivity index (χ0) is 15.8. The molecule has 1 atom stereocenters. The quantitative estimate of drug-likeness (QED) is 0.862. The number of methoxy groups -OCH3 is 1. The molecule has 0 saturated carbocycles. The first-order valence-electron chi connectivity index (χ1n) is 7.88. The van der Waals surface area contributed by atoms with E-state index in [0.717, 1.165) is 31.0 Å². The Bertz CT molecular complexity index is 713. The molecule has 0 spiro atoms. The van der Waals surface area contributed by atoms with Crippen molar-refractivity contribution >= 4 is 0 Å². The van der Waals surface area contributed by atoms with Gasteiger partial charge in [-0.3, -0.25) is 9.58 Å². The zero-order valence-corrected chi connectivity index (χ0v) is 13.5. The van der Waals surface area contributed by atoms with E-state index in [-0.39, 0.29) is 6.04 Å². The second-order valence-electron chi connectivity index (χ2n) is 6.06. The molecule has 0 N–H and O–H groups in total. The highest BCUT2D eigenvalue weighted by atomic mass is 16.7. The van der Waals surface area contributed by atoms with E-state index in [4.69, 9.17) is 14.2 Å². The third kappa shape index (κ3) is 2.58. The van der Waals surface area contributed by atoms with Crippen LogP contribution in [0.1, 0.15) is 22.9 Å². The van der Waals surface area contributed by atoms with Gasteiger partial charge >= 0.3 is 0 Å². The van der Waals surface area contributed by atoms with Crippen LogP contribution in [0.15, 0.2) is 24.4 Å². The van der Waals surface area contributed by atoms with Crippen molar-refractivity contribution < 1.29 is 14.2 Å². The summed E-state index contributed by atoms with van der Waals surface area (Å²) >= 11 is 0. The molecule has 23 heavy (non-hydrogen) atoms. The standard InChI is InChI=1S/C17H21N3O3/c1-19-17-13(8-18-19)5-6-20(14(17)10-21-2)9-12-3-4-15-16(7-12)23-11-22-15/h3-4,7-8,14H,5-6,9-11H2,1-2H3. The Labute approximate surface area is 135 Å². The van der Waals surface area contributed by atoms with Crippen molar-refractivity contribution in [3.05, 3.63) is 41.2 Å². The number of benzene rings is 1. The van der Waals surface area contributed by atoms with Crippen LogP contribution in [0.2, 0.25) is 0 Å². The molecular formula is C17H21N3O3. The Kier molecular flexibility index (Phi) is 3.71. The van der Waals surface area contributed by atoms with Gasteiger partial charge in [-0.15, -0.1) is 0 Å². The Morgan fingerprint density at radius 2 is 2.17 bits per heavy atom. The van der Waals surface area contributed by atoms with Crippen molar-refractivity contribution in [2.45, 2.75) is 19.0 Å². The van der Waals surface area contributed by atoms with Gasteiger partial charge in [0, 0.05) is 27.2 Å². The number of ether oxygens (including phenoxy) is 3. The van der Waals surface area contributed by atoms with Gasteiger partial charge < -0.3 is 14.2 Å². The number of fused-ring (bicyclic) bond motifs is 2. The van der Waals surface area contributed by atoms with Crippen LogP contribution in [0.5, 0.6) is 11.5 Å². The molecule has 1 aromatic carbocycles. The van der Waals surface area contributed by atoms with Crippen LogP contribution in [0.4, 0.5) is 0 Å². The van der Waals surface area contributed by atoms with Crippen LogP contribution in [0.3, 0.4) is 0 Å². The van der Waals surface area contributed by atoms with Crippen LogP contribution in [0.25, 0.3) is 0 Å². The van der Waals surface area contributed by atoms with Gasteiger partial charge in [0.25, 0.3) is 0 Å². The summed E-state index contributed by atoms with van der Waals surface area (Å²) in [4.78, 5) is 2.45. The number of nitrogens with zero attached hydrogens (tertiary/aromatic N) is 3. The summed E-state index contributed by atoms with van der Waals surface area (Å²) in [5.41, 5.74) is 3.82. The Morgan fingerprint density at radius 3 is 3.04 bits per heavy atom. The number of hydrogen-bond acceptors (Lipinski definition) is 5. The van der Waals surface area contributed by atoms with Crippen molar-refractivity contribution in [1.29, 1.82) is 0 Å². The minimum atomic E-state index is 0.224. The van der Waals surface area contributed by atoms with E-state index in [0.29, 0.717) is 13.4 Å². The topological polar surface area (TPSA) is 48.8 Å². The van der Waals surface area contributed by atoms with Crippen LogP contribution in [-0.2, 0) is 24.8 Å². The molecule has 4 rings (SSSR count). The van der Waals surface area contributed by atoms with Gasteiger partial charge in [0.1, 0.15) is 0 Å². The van der Waals surface area contributed by atoms with Crippen molar-refractivity contribution in [3.63, 3.8) is 0 Å². The van der Waals surface area contributed by atoms with Gasteiger partial charge in [0.15, 0.2) is 11.5 Å². The molecule has 2 aliphatic rings. The molecular weight excluding hydrogens is 294 g/mol. The van der Waals surface area contributed by atoms with Crippen molar-refractivity contribution in [1.82, 2.24) is 14.7 Å². The van der Waals surface area contributed by atoms with E-state index in [1.165, 1.54) is 16.8 Å². The molecule has 0 aliphatic carbocycles. The summed E-state index contributed by atoms with van der Waals surface area (Å²) in [5.74, 6) is 1.67. The fourth-order valence-electron chi connectivity index (χ4n) is 3.51.